The van der Waals surface area contributed by atoms with Crippen LogP contribution in [0.4, 0.5) is 10.5 Å². The lowest BCUT2D eigenvalue weighted by atomic mass is 9.95. The number of amides is 2. The zero-order valence-corrected chi connectivity index (χ0v) is 14.2. The summed E-state index contributed by atoms with van der Waals surface area (Å²) in [6.07, 6.45) is 1.58. The van der Waals surface area contributed by atoms with E-state index in [0.29, 0.717) is 23.8 Å². The van der Waals surface area contributed by atoms with Crippen molar-refractivity contribution in [3.8, 4) is 5.75 Å². The molecule has 1 atom stereocenters. The van der Waals surface area contributed by atoms with E-state index in [4.69, 9.17) is 4.74 Å². The van der Waals surface area contributed by atoms with Gasteiger partial charge in [0, 0.05) is 18.3 Å². The molecular formula is C17H28N2O3. The lowest BCUT2D eigenvalue weighted by Crippen LogP contribution is -2.42. The van der Waals surface area contributed by atoms with E-state index in [1.807, 2.05) is 19.1 Å². The molecule has 0 aliphatic carbocycles. The Balaban J connectivity index is 2.53. The molecule has 1 aromatic carbocycles. The van der Waals surface area contributed by atoms with Crippen molar-refractivity contribution in [3.05, 3.63) is 23.8 Å². The molecule has 0 aliphatic rings. The van der Waals surface area contributed by atoms with Gasteiger partial charge in [-0.1, -0.05) is 19.9 Å². The number of carbonyl (C=O) groups excluding carboxylic acids is 1. The predicted molar refractivity (Wildman–Crippen MR) is 89.4 cm³/mol. The number of ether oxygens (including phenoxy) is 1. The van der Waals surface area contributed by atoms with Crippen LogP contribution in [0.15, 0.2) is 18.2 Å². The molecule has 1 unspecified atom stereocenters. The van der Waals surface area contributed by atoms with Crippen molar-refractivity contribution in [2.75, 3.05) is 19.0 Å². The highest BCUT2D eigenvalue weighted by Gasteiger charge is 2.21. The first-order valence-corrected chi connectivity index (χ1v) is 7.65. The van der Waals surface area contributed by atoms with Gasteiger partial charge in [0.1, 0.15) is 5.75 Å². The molecule has 124 valence electrons. The molecule has 0 spiro atoms. The summed E-state index contributed by atoms with van der Waals surface area (Å²) in [4.78, 5) is 12.0. The molecular weight excluding hydrogens is 280 g/mol. The van der Waals surface area contributed by atoms with E-state index in [-0.39, 0.29) is 12.6 Å². The zero-order chi connectivity index (χ0) is 16.8. The maximum atomic E-state index is 12.0. The number of urea groups is 1. The molecule has 0 saturated carbocycles. The Bertz CT molecular complexity index is 499. The third kappa shape index (κ3) is 6.35. The number of carbonyl (C=O) groups is 1. The van der Waals surface area contributed by atoms with Crippen LogP contribution < -0.4 is 15.4 Å². The van der Waals surface area contributed by atoms with Crippen molar-refractivity contribution in [2.45, 2.75) is 46.1 Å². The van der Waals surface area contributed by atoms with E-state index >= 15 is 0 Å². The van der Waals surface area contributed by atoms with E-state index in [1.54, 1.807) is 20.1 Å². The van der Waals surface area contributed by atoms with Gasteiger partial charge in [-0.25, -0.2) is 4.79 Å². The standard InChI is InChI=1S/C17H28N2O3/c1-12(2)8-9-17(4,21)11-18-16(20)19-15-10-14(22-5)7-6-13(15)3/h6-7,10,12,21H,8-9,11H2,1-5H3,(H2,18,19,20). The molecule has 0 heterocycles. The first-order chi connectivity index (χ1) is 10.2. The number of methoxy groups -OCH3 is 1. The molecule has 0 saturated heterocycles. The summed E-state index contributed by atoms with van der Waals surface area (Å²) in [5.74, 6) is 1.21. The molecule has 2 amide bonds. The lowest BCUT2D eigenvalue weighted by Gasteiger charge is -2.24. The van der Waals surface area contributed by atoms with Crippen LogP contribution in [0.2, 0.25) is 0 Å². The average Bonchev–Trinajstić information content (AvgIpc) is 2.46. The van der Waals surface area contributed by atoms with E-state index in [0.717, 1.165) is 12.0 Å². The molecule has 1 aromatic rings. The minimum absolute atomic E-state index is 0.217. The van der Waals surface area contributed by atoms with Gasteiger partial charge in [-0.15, -0.1) is 0 Å². The van der Waals surface area contributed by atoms with Gasteiger partial charge in [0.05, 0.1) is 12.7 Å². The van der Waals surface area contributed by atoms with Crippen LogP contribution in [0, 0.1) is 12.8 Å². The summed E-state index contributed by atoms with van der Waals surface area (Å²) in [6, 6.07) is 5.16. The maximum Gasteiger partial charge on any atom is 0.319 e. The van der Waals surface area contributed by atoms with E-state index in [1.165, 1.54) is 0 Å². The molecule has 22 heavy (non-hydrogen) atoms. The minimum atomic E-state index is -0.898. The van der Waals surface area contributed by atoms with Crippen LogP contribution in [0.1, 0.15) is 39.2 Å². The van der Waals surface area contributed by atoms with Gasteiger partial charge in [-0.3, -0.25) is 0 Å². The third-order valence-electron chi connectivity index (χ3n) is 3.58. The van der Waals surface area contributed by atoms with Crippen molar-refractivity contribution in [3.63, 3.8) is 0 Å². The SMILES string of the molecule is COc1ccc(C)c(NC(=O)NCC(C)(O)CCC(C)C)c1. The largest absolute Gasteiger partial charge is 0.497 e. The Labute approximate surface area is 133 Å². The van der Waals surface area contributed by atoms with Crippen molar-refractivity contribution in [1.29, 1.82) is 0 Å². The highest BCUT2D eigenvalue weighted by molar-refractivity contribution is 5.90. The Morgan fingerprint density at radius 3 is 2.68 bits per heavy atom. The fraction of sp³-hybridized carbons (Fsp3) is 0.588. The van der Waals surface area contributed by atoms with Crippen LogP contribution in [0.3, 0.4) is 0 Å². The number of hydrogen-bond acceptors (Lipinski definition) is 3. The van der Waals surface area contributed by atoms with Gasteiger partial charge in [0.2, 0.25) is 0 Å². The first kappa shape index (κ1) is 18.3. The van der Waals surface area contributed by atoms with Gasteiger partial charge < -0.3 is 20.5 Å². The number of aryl methyl sites for hydroxylation is 1. The molecule has 0 aromatic heterocycles. The van der Waals surface area contributed by atoms with Crippen LogP contribution >= 0.6 is 0 Å². The molecule has 0 radical (unpaired) electrons. The minimum Gasteiger partial charge on any atom is -0.497 e. The van der Waals surface area contributed by atoms with E-state index < -0.39 is 5.60 Å². The topological polar surface area (TPSA) is 70.6 Å². The van der Waals surface area contributed by atoms with Crippen LogP contribution in [0.5, 0.6) is 5.75 Å². The molecule has 5 heteroatoms. The molecule has 3 N–H and O–H groups in total. The average molecular weight is 308 g/mol. The Hall–Kier alpha value is -1.75. The molecule has 0 bridgehead atoms. The summed E-state index contributed by atoms with van der Waals surface area (Å²) in [7, 11) is 1.58. The Kier molecular flexibility index (Phi) is 6.68. The number of rotatable bonds is 7. The predicted octanol–water partition coefficient (Wildman–Crippen LogP) is 3.31. The summed E-state index contributed by atoms with van der Waals surface area (Å²) < 4.78 is 5.15. The molecule has 5 nitrogen and oxygen atoms in total. The van der Waals surface area contributed by atoms with Gasteiger partial charge in [0.15, 0.2) is 0 Å². The van der Waals surface area contributed by atoms with Crippen LogP contribution in [-0.4, -0.2) is 30.4 Å². The van der Waals surface area contributed by atoms with Crippen LogP contribution in [0.25, 0.3) is 0 Å². The maximum absolute atomic E-state index is 12.0. The highest BCUT2D eigenvalue weighted by atomic mass is 16.5. The van der Waals surface area contributed by atoms with Crippen molar-refractivity contribution in [2.24, 2.45) is 5.92 Å². The van der Waals surface area contributed by atoms with Gasteiger partial charge in [0.25, 0.3) is 0 Å². The fourth-order valence-electron chi connectivity index (χ4n) is 1.99. The van der Waals surface area contributed by atoms with E-state index in [2.05, 4.69) is 24.5 Å². The quantitative estimate of drug-likeness (QED) is 0.723. The monoisotopic (exact) mass is 308 g/mol. The number of benzene rings is 1. The first-order valence-electron chi connectivity index (χ1n) is 7.65. The number of anilines is 1. The molecule has 1 rings (SSSR count). The van der Waals surface area contributed by atoms with Gasteiger partial charge in [-0.05, 0) is 44.2 Å². The second-order valence-corrected chi connectivity index (χ2v) is 6.42. The number of hydrogen-bond donors (Lipinski definition) is 3. The van der Waals surface area contributed by atoms with Crippen molar-refractivity contribution >= 4 is 11.7 Å². The normalized spacial score (nSPS) is 13.6. The molecule has 0 aliphatic heterocycles. The number of nitrogens with one attached hydrogen (secondary N) is 2. The van der Waals surface area contributed by atoms with Gasteiger partial charge in [-0.2, -0.15) is 0 Å². The third-order valence-corrected chi connectivity index (χ3v) is 3.58. The smallest absolute Gasteiger partial charge is 0.319 e. The lowest BCUT2D eigenvalue weighted by molar-refractivity contribution is 0.0481. The second-order valence-electron chi connectivity index (χ2n) is 6.42. The van der Waals surface area contributed by atoms with E-state index in [9.17, 15) is 9.90 Å². The number of aliphatic hydroxyl groups is 1. The highest BCUT2D eigenvalue weighted by Crippen LogP contribution is 2.21. The van der Waals surface area contributed by atoms with Crippen molar-refractivity contribution in [1.82, 2.24) is 5.32 Å². The second kappa shape index (κ2) is 8.03. The fourth-order valence-corrected chi connectivity index (χ4v) is 1.99. The Morgan fingerprint density at radius 1 is 1.41 bits per heavy atom. The summed E-state index contributed by atoms with van der Waals surface area (Å²) in [5.41, 5.74) is 0.742. The van der Waals surface area contributed by atoms with Crippen LogP contribution in [-0.2, 0) is 0 Å². The summed E-state index contributed by atoms with van der Waals surface area (Å²) in [6.45, 7) is 8.10. The summed E-state index contributed by atoms with van der Waals surface area (Å²) in [5, 5.41) is 15.8. The Morgan fingerprint density at radius 2 is 2.09 bits per heavy atom. The summed E-state index contributed by atoms with van der Waals surface area (Å²) >= 11 is 0. The van der Waals surface area contributed by atoms with Crippen molar-refractivity contribution < 1.29 is 14.6 Å². The molecule has 0 fully saturated rings. The van der Waals surface area contributed by atoms with Gasteiger partial charge >= 0.3 is 6.03 Å². The zero-order valence-electron chi connectivity index (χ0n) is 14.2.